The van der Waals surface area contributed by atoms with Gasteiger partial charge in [0, 0.05) is 0 Å². The molecule has 0 aliphatic heterocycles. The van der Waals surface area contributed by atoms with Crippen LogP contribution < -0.4 is 10.6 Å². The SMILES string of the molecule is COC(=O)C(COC(C)(C)C)NC(=O)Nc1cccc(Cl)c1Cl. The molecule has 0 fully saturated rings. The average Bonchev–Trinajstić information content (AvgIpc) is 2.46. The summed E-state index contributed by atoms with van der Waals surface area (Å²) in [6.07, 6.45) is 0. The van der Waals surface area contributed by atoms with E-state index in [2.05, 4.69) is 15.4 Å². The minimum absolute atomic E-state index is 0.0210. The van der Waals surface area contributed by atoms with E-state index in [1.165, 1.54) is 7.11 Å². The Bertz CT molecular complexity index is 573. The number of nitrogens with one attached hydrogen (secondary N) is 2. The van der Waals surface area contributed by atoms with Crippen LogP contribution in [0.4, 0.5) is 10.5 Å². The number of hydrogen-bond acceptors (Lipinski definition) is 4. The van der Waals surface area contributed by atoms with Crippen LogP contribution in [0, 0.1) is 0 Å². The summed E-state index contributed by atoms with van der Waals surface area (Å²) in [4.78, 5) is 23.8. The Morgan fingerprint density at radius 3 is 2.48 bits per heavy atom. The van der Waals surface area contributed by atoms with E-state index < -0.39 is 23.6 Å². The summed E-state index contributed by atoms with van der Waals surface area (Å²) in [7, 11) is 1.24. The van der Waals surface area contributed by atoms with Gasteiger partial charge in [0.15, 0.2) is 6.04 Å². The first-order valence-electron chi connectivity index (χ1n) is 6.87. The smallest absolute Gasteiger partial charge is 0.330 e. The third kappa shape index (κ3) is 6.64. The fourth-order valence-corrected chi connectivity index (χ4v) is 1.91. The molecule has 0 saturated carbocycles. The number of carbonyl (C=O) groups is 2. The second-order valence-corrected chi connectivity index (χ2v) is 6.48. The molecule has 0 spiro atoms. The molecule has 0 aliphatic carbocycles. The quantitative estimate of drug-likeness (QED) is 0.786. The summed E-state index contributed by atoms with van der Waals surface area (Å²) < 4.78 is 10.2. The van der Waals surface area contributed by atoms with E-state index in [1.54, 1.807) is 18.2 Å². The minimum atomic E-state index is -0.947. The summed E-state index contributed by atoms with van der Waals surface area (Å²) in [5.74, 6) is -0.610. The van der Waals surface area contributed by atoms with Crippen LogP contribution in [0.2, 0.25) is 10.0 Å². The van der Waals surface area contributed by atoms with Gasteiger partial charge in [-0.3, -0.25) is 0 Å². The van der Waals surface area contributed by atoms with Crippen LogP contribution in [0.1, 0.15) is 20.8 Å². The van der Waals surface area contributed by atoms with Crippen molar-refractivity contribution in [2.45, 2.75) is 32.4 Å². The summed E-state index contributed by atoms with van der Waals surface area (Å²) in [6, 6.07) is 3.26. The number of anilines is 1. The molecule has 0 saturated heterocycles. The summed E-state index contributed by atoms with van der Waals surface area (Å²) in [5, 5.41) is 5.54. The molecule has 1 aromatic carbocycles. The normalized spacial score (nSPS) is 12.4. The van der Waals surface area contributed by atoms with Gasteiger partial charge in [0.2, 0.25) is 0 Å². The van der Waals surface area contributed by atoms with E-state index in [0.717, 1.165) is 0 Å². The second-order valence-electron chi connectivity index (χ2n) is 5.70. The molecule has 2 N–H and O–H groups in total. The number of hydrogen-bond donors (Lipinski definition) is 2. The highest BCUT2D eigenvalue weighted by Gasteiger charge is 2.24. The molecule has 1 aromatic rings. The van der Waals surface area contributed by atoms with Gasteiger partial charge in [0.1, 0.15) is 0 Å². The monoisotopic (exact) mass is 362 g/mol. The van der Waals surface area contributed by atoms with Gasteiger partial charge >= 0.3 is 12.0 Å². The number of urea groups is 1. The number of carbonyl (C=O) groups excluding carboxylic acids is 2. The van der Waals surface area contributed by atoms with E-state index in [4.69, 9.17) is 27.9 Å². The fourth-order valence-electron chi connectivity index (χ4n) is 1.56. The first-order valence-corrected chi connectivity index (χ1v) is 7.63. The maximum Gasteiger partial charge on any atom is 0.330 e. The van der Waals surface area contributed by atoms with Crippen LogP contribution in [-0.2, 0) is 14.3 Å². The Hall–Kier alpha value is -1.50. The van der Waals surface area contributed by atoms with E-state index in [-0.39, 0.29) is 11.6 Å². The number of ether oxygens (including phenoxy) is 2. The summed E-state index contributed by atoms with van der Waals surface area (Å²) in [6.45, 7) is 5.50. The van der Waals surface area contributed by atoms with Crippen LogP contribution in [0.15, 0.2) is 18.2 Å². The number of rotatable bonds is 5. The van der Waals surface area contributed by atoms with Crippen molar-refractivity contribution in [2.75, 3.05) is 19.0 Å². The molecule has 0 aromatic heterocycles. The van der Waals surface area contributed by atoms with E-state index >= 15 is 0 Å². The maximum atomic E-state index is 12.0. The van der Waals surface area contributed by atoms with Crippen molar-refractivity contribution in [3.8, 4) is 0 Å². The summed E-state index contributed by atoms with van der Waals surface area (Å²) in [5.41, 5.74) is -0.127. The van der Waals surface area contributed by atoms with E-state index in [9.17, 15) is 9.59 Å². The largest absolute Gasteiger partial charge is 0.467 e. The van der Waals surface area contributed by atoms with Gasteiger partial charge < -0.3 is 20.1 Å². The third-order valence-corrected chi connectivity index (χ3v) is 3.49. The molecule has 0 heterocycles. The van der Waals surface area contributed by atoms with E-state index in [0.29, 0.717) is 10.7 Å². The Kier molecular flexibility index (Phi) is 7.12. The predicted octanol–water partition coefficient (Wildman–Crippen LogP) is 3.47. The second kappa shape index (κ2) is 8.38. The number of esters is 1. The average molecular weight is 363 g/mol. The van der Waals surface area contributed by atoms with Crippen LogP contribution in [0.3, 0.4) is 0 Å². The van der Waals surface area contributed by atoms with Gasteiger partial charge in [-0.15, -0.1) is 0 Å². The number of methoxy groups -OCH3 is 1. The molecule has 1 rings (SSSR count). The van der Waals surface area contributed by atoms with Gasteiger partial charge in [-0.25, -0.2) is 9.59 Å². The van der Waals surface area contributed by atoms with Crippen molar-refractivity contribution < 1.29 is 19.1 Å². The highest BCUT2D eigenvalue weighted by atomic mass is 35.5. The zero-order valence-electron chi connectivity index (χ0n) is 13.4. The molecule has 0 bridgehead atoms. The molecule has 128 valence electrons. The molecule has 8 heteroatoms. The maximum absolute atomic E-state index is 12.0. The molecule has 6 nitrogen and oxygen atoms in total. The Morgan fingerprint density at radius 2 is 1.91 bits per heavy atom. The highest BCUT2D eigenvalue weighted by Crippen LogP contribution is 2.29. The lowest BCUT2D eigenvalue weighted by molar-refractivity contribution is -0.145. The fraction of sp³-hybridized carbons (Fsp3) is 0.467. The zero-order valence-corrected chi connectivity index (χ0v) is 14.9. The molecule has 0 aliphatic rings. The van der Waals surface area contributed by atoms with Crippen molar-refractivity contribution in [3.05, 3.63) is 28.2 Å². The Morgan fingerprint density at radius 1 is 1.26 bits per heavy atom. The van der Waals surface area contributed by atoms with Gasteiger partial charge in [-0.1, -0.05) is 29.3 Å². The van der Waals surface area contributed by atoms with Gasteiger partial charge in [-0.05, 0) is 32.9 Å². The van der Waals surface area contributed by atoms with Crippen molar-refractivity contribution in [3.63, 3.8) is 0 Å². The van der Waals surface area contributed by atoms with Crippen molar-refractivity contribution >= 4 is 40.9 Å². The summed E-state index contributed by atoms with van der Waals surface area (Å²) >= 11 is 11.9. The zero-order chi connectivity index (χ0) is 17.6. The van der Waals surface area contributed by atoms with Crippen LogP contribution >= 0.6 is 23.2 Å². The third-order valence-electron chi connectivity index (χ3n) is 2.67. The van der Waals surface area contributed by atoms with Crippen LogP contribution in [0.5, 0.6) is 0 Å². The number of benzene rings is 1. The van der Waals surface area contributed by atoms with Gasteiger partial charge in [0.05, 0.1) is 35.1 Å². The van der Waals surface area contributed by atoms with E-state index in [1.807, 2.05) is 20.8 Å². The standard InChI is InChI=1S/C15H20Cl2N2O4/c1-15(2,3)23-8-11(13(20)22-4)19-14(21)18-10-7-5-6-9(16)12(10)17/h5-7,11H,8H2,1-4H3,(H2,18,19,21). The Labute approximate surface area is 145 Å². The van der Waals surface area contributed by atoms with Crippen molar-refractivity contribution in [1.82, 2.24) is 5.32 Å². The number of halogens is 2. The molecule has 23 heavy (non-hydrogen) atoms. The Balaban J connectivity index is 2.73. The van der Waals surface area contributed by atoms with Crippen LogP contribution in [-0.4, -0.2) is 37.4 Å². The lowest BCUT2D eigenvalue weighted by Gasteiger charge is -2.24. The topological polar surface area (TPSA) is 76.7 Å². The predicted molar refractivity (Wildman–Crippen MR) is 90.1 cm³/mol. The van der Waals surface area contributed by atoms with Gasteiger partial charge in [0.25, 0.3) is 0 Å². The molecular formula is C15H20Cl2N2O4. The first-order chi connectivity index (χ1) is 10.6. The van der Waals surface area contributed by atoms with Crippen molar-refractivity contribution in [1.29, 1.82) is 0 Å². The lowest BCUT2D eigenvalue weighted by atomic mass is 10.2. The number of amides is 2. The molecule has 1 unspecified atom stereocenters. The highest BCUT2D eigenvalue weighted by molar-refractivity contribution is 6.43. The molecule has 1 atom stereocenters. The lowest BCUT2D eigenvalue weighted by Crippen LogP contribution is -2.47. The van der Waals surface area contributed by atoms with Crippen LogP contribution in [0.25, 0.3) is 0 Å². The van der Waals surface area contributed by atoms with Crippen molar-refractivity contribution in [2.24, 2.45) is 0 Å². The molecule has 2 amide bonds. The molecule has 0 radical (unpaired) electrons. The first kappa shape index (κ1) is 19.5. The minimum Gasteiger partial charge on any atom is -0.467 e. The molecular weight excluding hydrogens is 343 g/mol. The van der Waals surface area contributed by atoms with Gasteiger partial charge in [-0.2, -0.15) is 0 Å².